The molecule has 0 aromatic heterocycles. The summed E-state index contributed by atoms with van der Waals surface area (Å²) in [5, 5.41) is 0. The van der Waals surface area contributed by atoms with E-state index >= 15 is 0 Å². The van der Waals surface area contributed by atoms with Gasteiger partial charge in [-0.25, -0.2) is 0 Å². The molecule has 0 N–H and O–H groups in total. The summed E-state index contributed by atoms with van der Waals surface area (Å²) in [6.07, 6.45) is 29.4. The normalized spacial score (nSPS) is 39.1. The van der Waals surface area contributed by atoms with Crippen LogP contribution >= 0.6 is 0 Å². The number of unbranched alkanes of at least 4 members (excludes halogenated alkanes) is 1. The third-order valence-corrected chi connectivity index (χ3v) is 8.15. The van der Waals surface area contributed by atoms with Crippen LogP contribution in [0.2, 0.25) is 0 Å². The Labute approximate surface area is 163 Å². The quantitative estimate of drug-likeness (QED) is 0.402. The highest BCUT2D eigenvalue weighted by Gasteiger charge is 2.30. The molecule has 0 aromatic rings. The average molecular weight is 357 g/mol. The van der Waals surface area contributed by atoms with Gasteiger partial charge >= 0.3 is 0 Å². The van der Waals surface area contributed by atoms with Gasteiger partial charge in [-0.05, 0) is 99.7 Å². The van der Waals surface area contributed by atoms with E-state index in [0.717, 1.165) is 35.5 Å². The summed E-state index contributed by atoms with van der Waals surface area (Å²) in [6, 6.07) is 0. The van der Waals surface area contributed by atoms with Gasteiger partial charge < -0.3 is 0 Å². The Morgan fingerprint density at radius 2 is 1.12 bits per heavy atom. The van der Waals surface area contributed by atoms with Gasteiger partial charge in [-0.1, -0.05) is 57.3 Å². The van der Waals surface area contributed by atoms with Crippen molar-refractivity contribution in [1.82, 2.24) is 0 Å². The smallest absolute Gasteiger partial charge is 0.0233 e. The summed E-state index contributed by atoms with van der Waals surface area (Å²) >= 11 is 0. The first-order chi connectivity index (χ1) is 12.8. The van der Waals surface area contributed by atoms with E-state index in [1.165, 1.54) is 83.5 Å². The van der Waals surface area contributed by atoms with Crippen molar-refractivity contribution in [3.05, 3.63) is 24.8 Å². The van der Waals surface area contributed by atoms with Crippen molar-refractivity contribution in [2.75, 3.05) is 0 Å². The highest BCUT2D eigenvalue weighted by atomic mass is 14.4. The molecule has 0 saturated heterocycles. The molecule has 0 unspecified atom stereocenters. The topological polar surface area (TPSA) is 0 Å². The van der Waals surface area contributed by atoms with Crippen LogP contribution in [0, 0.1) is 35.5 Å². The Bertz CT molecular complexity index is 409. The molecule has 0 aromatic carbocycles. The van der Waals surface area contributed by atoms with Gasteiger partial charge in [0.25, 0.3) is 0 Å². The van der Waals surface area contributed by atoms with Gasteiger partial charge in [0.15, 0.2) is 0 Å². The van der Waals surface area contributed by atoms with Crippen molar-refractivity contribution >= 4 is 0 Å². The molecule has 26 heavy (non-hydrogen) atoms. The number of rotatable bonds is 7. The fourth-order valence-corrected chi connectivity index (χ4v) is 6.14. The molecule has 3 aliphatic rings. The van der Waals surface area contributed by atoms with Crippen LogP contribution in [0.15, 0.2) is 24.8 Å². The first-order valence-corrected chi connectivity index (χ1v) is 12.1. The maximum atomic E-state index is 3.97. The average Bonchev–Trinajstić information content (AvgIpc) is 2.72. The maximum absolute atomic E-state index is 3.97. The van der Waals surface area contributed by atoms with Crippen molar-refractivity contribution in [3.63, 3.8) is 0 Å². The summed E-state index contributed by atoms with van der Waals surface area (Å²) in [7, 11) is 0. The molecule has 3 fully saturated rings. The van der Waals surface area contributed by atoms with Crippen LogP contribution < -0.4 is 0 Å². The molecule has 0 radical (unpaired) electrons. The molecule has 3 aliphatic carbocycles. The van der Waals surface area contributed by atoms with Gasteiger partial charge in [0.2, 0.25) is 0 Å². The largest absolute Gasteiger partial charge is 0.103 e. The molecule has 0 amide bonds. The minimum atomic E-state index is 0.798. The fraction of sp³-hybridized carbons (Fsp3) is 0.846. The van der Waals surface area contributed by atoms with Crippen molar-refractivity contribution < 1.29 is 0 Å². The molecular formula is C26H44. The van der Waals surface area contributed by atoms with Crippen LogP contribution in [0.1, 0.15) is 103 Å². The van der Waals surface area contributed by atoms with Crippen LogP contribution in [0.5, 0.6) is 0 Å². The minimum Gasteiger partial charge on any atom is -0.103 e. The zero-order valence-electron chi connectivity index (χ0n) is 17.5. The van der Waals surface area contributed by atoms with E-state index < -0.39 is 0 Å². The lowest BCUT2D eigenvalue weighted by Crippen LogP contribution is -2.25. The molecule has 0 heteroatoms. The van der Waals surface area contributed by atoms with Gasteiger partial charge in [-0.2, -0.15) is 0 Å². The monoisotopic (exact) mass is 356 g/mol. The number of hydrogen-bond donors (Lipinski definition) is 0. The van der Waals surface area contributed by atoms with Crippen molar-refractivity contribution in [2.45, 2.75) is 103 Å². The van der Waals surface area contributed by atoms with Gasteiger partial charge in [0, 0.05) is 0 Å². The van der Waals surface area contributed by atoms with Crippen LogP contribution in [-0.2, 0) is 0 Å². The third-order valence-electron chi connectivity index (χ3n) is 8.15. The predicted octanol–water partition coefficient (Wildman–Crippen LogP) is 8.34. The summed E-state index contributed by atoms with van der Waals surface area (Å²) in [4.78, 5) is 0. The lowest BCUT2D eigenvalue weighted by molar-refractivity contribution is 0.151. The van der Waals surface area contributed by atoms with Crippen LogP contribution in [0.25, 0.3) is 0 Å². The number of allylic oxidation sites excluding steroid dienone is 3. The molecule has 0 heterocycles. The highest BCUT2D eigenvalue weighted by molar-refractivity contribution is 4.98. The lowest BCUT2D eigenvalue weighted by Gasteiger charge is -2.37. The molecule has 0 aliphatic heterocycles. The zero-order valence-corrected chi connectivity index (χ0v) is 17.5. The molecule has 148 valence electrons. The fourth-order valence-electron chi connectivity index (χ4n) is 6.14. The van der Waals surface area contributed by atoms with Crippen molar-refractivity contribution in [3.8, 4) is 0 Å². The Balaban J connectivity index is 1.33. The number of hydrogen-bond acceptors (Lipinski definition) is 0. The molecule has 0 nitrogen and oxygen atoms in total. The summed E-state index contributed by atoms with van der Waals surface area (Å²) in [6.45, 7) is 6.31. The van der Waals surface area contributed by atoms with Gasteiger partial charge in [0.1, 0.15) is 0 Å². The molecule has 0 atom stereocenters. The Hall–Kier alpha value is -0.520. The Morgan fingerprint density at radius 1 is 0.654 bits per heavy atom. The predicted molar refractivity (Wildman–Crippen MR) is 115 cm³/mol. The molecule has 3 rings (SSSR count). The zero-order chi connectivity index (χ0) is 18.2. The molecular weight excluding hydrogens is 312 g/mol. The van der Waals surface area contributed by atoms with Crippen molar-refractivity contribution in [2.24, 2.45) is 35.5 Å². The van der Waals surface area contributed by atoms with E-state index in [9.17, 15) is 0 Å². The van der Waals surface area contributed by atoms with E-state index in [-0.39, 0.29) is 0 Å². The summed E-state index contributed by atoms with van der Waals surface area (Å²) in [5.41, 5.74) is 0. The minimum absolute atomic E-state index is 0.798. The third kappa shape index (κ3) is 6.00. The van der Waals surface area contributed by atoms with E-state index in [1.807, 2.05) is 0 Å². The lowest BCUT2D eigenvalue weighted by atomic mass is 9.68. The van der Waals surface area contributed by atoms with E-state index in [1.54, 1.807) is 12.8 Å². The Kier molecular flexibility index (Phi) is 8.34. The van der Waals surface area contributed by atoms with Crippen LogP contribution in [0.3, 0.4) is 0 Å². The van der Waals surface area contributed by atoms with Crippen LogP contribution in [0.4, 0.5) is 0 Å². The first-order valence-electron chi connectivity index (χ1n) is 12.1. The molecule has 0 spiro atoms. The van der Waals surface area contributed by atoms with E-state index in [4.69, 9.17) is 0 Å². The summed E-state index contributed by atoms with van der Waals surface area (Å²) in [5.74, 6) is 5.77. The standard InChI is InChI=1S/C26H44/c1-3-5-6-22-13-17-25(18-14-22)26-19-15-24(16-20-26)12-11-23-9-7-21(4-2)8-10-23/h4,11-12,21-26H,2-3,5-10,13-20H2,1H3/b12-11+. The molecule has 3 saturated carbocycles. The summed E-state index contributed by atoms with van der Waals surface area (Å²) < 4.78 is 0. The van der Waals surface area contributed by atoms with Gasteiger partial charge in [-0.15, -0.1) is 6.58 Å². The SMILES string of the molecule is C=CC1CCC(/C=C/C2CCC(C3CCC(CCCC)CC3)CC2)CC1. The van der Waals surface area contributed by atoms with Crippen molar-refractivity contribution in [1.29, 1.82) is 0 Å². The second-order valence-corrected chi connectivity index (χ2v) is 9.89. The van der Waals surface area contributed by atoms with E-state index in [2.05, 4.69) is 31.7 Å². The van der Waals surface area contributed by atoms with E-state index in [0.29, 0.717) is 0 Å². The second kappa shape index (κ2) is 10.7. The maximum Gasteiger partial charge on any atom is -0.0233 e. The first kappa shape index (κ1) is 20.2. The Morgan fingerprint density at radius 3 is 1.62 bits per heavy atom. The van der Waals surface area contributed by atoms with Gasteiger partial charge in [-0.3, -0.25) is 0 Å². The highest BCUT2D eigenvalue weighted by Crippen LogP contribution is 2.42. The molecule has 0 bridgehead atoms. The van der Waals surface area contributed by atoms with Crippen LogP contribution in [-0.4, -0.2) is 0 Å². The second-order valence-electron chi connectivity index (χ2n) is 9.89. The van der Waals surface area contributed by atoms with Gasteiger partial charge in [0.05, 0.1) is 0 Å².